The fourth-order valence-electron chi connectivity index (χ4n) is 3.98. The molecule has 0 atom stereocenters. The number of morpholine rings is 1. The van der Waals surface area contributed by atoms with Crippen molar-refractivity contribution in [2.24, 2.45) is 0 Å². The number of hydrogen-bond donors (Lipinski definition) is 1. The molecule has 8 nitrogen and oxygen atoms in total. The average Bonchev–Trinajstić information content (AvgIpc) is 3.43. The van der Waals surface area contributed by atoms with E-state index in [1.807, 2.05) is 28.9 Å². The third-order valence-electron chi connectivity index (χ3n) is 5.83. The van der Waals surface area contributed by atoms with Crippen molar-refractivity contribution in [1.29, 1.82) is 0 Å². The first-order chi connectivity index (χ1) is 15.9. The number of amides is 1. The van der Waals surface area contributed by atoms with Gasteiger partial charge in [0.15, 0.2) is 10.8 Å². The molecule has 4 heterocycles. The smallest absolute Gasteiger partial charge is 0.256 e. The summed E-state index contributed by atoms with van der Waals surface area (Å²) in [5.74, 6) is 0.0356. The van der Waals surface area contributed by atoms with Crippen molar-refractivity contribution in [1.82, 2.24) is 19.7 Å². The number of anilines is 2. The van der Waals surface area contributed by atoms with E-state index in [1.165, 1.54) is 0 Å². The van der Waals surface area contributed by atoms with Crippen molar-refractivity contribution >= 4 is 49.3 Å². The Hall–Kier alpha value is -3.04. The van der Waals surface area contributed by atoms with E-state index in [4.69, 9.17) is 14.7 Å². The van der Waals surface area contributed by atoms with Crippen molar-refractivity contribution in [3.63, 3.8) is 0 Å². The summed E-state index contributed by atoms with van der Waals surface area (Å²) in [4.78, 5) is 25.2. The zero-order valence-electron chi connectivity index (χ0n) is 19.3. The van der Waals surface area contributed by atoms with E-state index in [-0.39, 0.29) is 17.9 Å². The molecule has 5 rings (SSSR count). The molecular formula is C24H28N6O2S. The fraction of sp³-hybridized carbons (Fsp3) is 0.417. The van der Waals surface area contributed by atoms with E-state index < -0.39 is 0 Å². The third-order valence-corrected chi connectivity index (χ3v) is 6.91. The standard InChI is InChI=1S/C24H28N6O2S/c1-14(2)20-12-17(18-13-25-30(15(3)4)22(18)27-20)23(31)26-16-5-6-19-21(11-16)33-24(28-19)29-7-9-32-10-8-29/h5-6,11-15H,7-10H2,1-4H3,(H,26,31). The molecule has 0 radical (unpaired) electrons. The van der Waals surface area contributed by atoms with Gasteiger partial charge in [-0.1, -0.05) is 25.2 Å². The Labute approximate surface area is 196 Å². The molecule has 9 heteroatoms. The molecule has 1 N–H and O–H groups in total. The Morgan fingerprint density at radius 3 is 2.64 bits per heavy atom. The molecule has 3 aromatic heterocycles. The number of carbonyl (C=O) groups excluding carboxylic acids is 1. The van der Waals surface area contributed by atoms with Gasteiger partial charge >= 0.3 is 0 Å². The van der Waals surface area contributed by atoms with Crippen LogP contribution in [-0.4, -0.2) is 52.0 Å². The summed E-state index contributed by atoms with van der Waals surface area (Å²) in [5.41, 5.74) is 3.90. The van der Waals surface area contributed by atoms with Gasteiger partial charge in [0.05, 0.1) is 40.6 Å². The minimum atomic E-state index is -0.162. The highest BCUT2D eigenvalue weighted by Gasteiger charge is 2.20. The molecule has 1 aliphatic rings. The predicted molar refractivity (Wildman–Crippen MR) is 133 cm³/mol. The van der Waals surface area contributed by atoms with Crippen molar-refractivity contribution in [3.05, 3.63) is 41.7 Å². The second-order valence-electron chi connectivity index (χ2n) is 8.90. The maximum atomic E-state index is 13.4. The SMILES string of the molecule is CC(C)c1cc(C(=O)Nc2ccc3nc(N4CCOCC4)sc3c2)c2cnn(C(C)C)c2n1. The van der Waals surface area contributed by atoms with Crippen molar-refractivity contribution in [2.45, 2.75) is 39.7 Å². The molecule has 0 spiro atoms. The number of nitrogens with zero attached hydrogens (tertiary/aromatic N) is 5. The number of rotatable bonds is 5. The van der Waals surface area contributed by atoms with Gasteiger partial charge in [-0.25, -0.2) is 14.6 Å². The highest BCUT2D eigenvalue weighted by molar-refractivity contribution is 7.22. The molecule has 0 bridgehead atoms. The van der Waals surface area contributed by atoms with Crippen LogP contribution in [0.2, 0.25) is 0 Å². The van der Waals surface area contributed by atoms with E-state index >= 15 is 0 Å². The normalized spacial score (nSPS) is 14.7. The highest BCUT2D eigenvalue weighted by atomic mass is 32.1. The number of aromatic nitrogens is 4. The molecule has 0 aliphatic carbocycles. The Kier molecular flexibility index (Phi) is 5.76. The number of benzene rings is 1. The number of fused-ring (bicyclic) bond motifs is 2. The van der Waals surface area contributed by atoms with Gasteiger partial charge < -0.3 is 15.0 Å². The Balaban J connectivity index is 1.46. The summed E-state index contributed by atoms with van der Waals surface area (Å²) in [6, 6.07) is 7.90. The molecule has 1 aliphatic heterocycles. The minimum absolute atomic E-state index is 0.155. The lowest BCUT2D eigenvalue weighted by atomic mass is 10.0. The number of carbonyl (C=O) groups is 1. The number of ether oxygens (including phenoxy) is 1. The molecule has 1 fully saturated rings. The summed E-state index contributed by atoms with van der Waals surface area (Å²) in [6.45, 7) is 11.4. The second kappa shape index (κ2) is 8.72. The average molecular weight is 465 g/mol. The van der Waals surface area contributed by atoms with Crippen LogP contribution in [0.5, 0.6) is 0 Å². The number of hydrogen-bond acceptors (Lipinski definition) is 7. The summed E-state index contributed by atoms with van der Waals surface area (Å²) in [5, 5.41) is 9.32. The summed E-state index contributed by atoms with van der Waals surface area (Å²) >= 11 is 1.64. The van der Waals surface area contributed by atoms with Crippen molar-refractivity contribution < 1.29 is 9.53 Å². The van der Waals surface area contributed by atoms with Crippen LogP contribution in [0.4, 0.5) is 10.8 Å². The second-order valence-corrected chi connectivity index (χ2v) is 9.91. The van der Waals surface area contributed by atoms with Gasteiger partial charge in [0.25, 0.3) is 5.91 Å². The van der Waals surface area contributed by atoms with Gasteiger partial charge in [0.1, 0.15) is 0 Å². The van der Waals surface area contributed by atoms with Gasteiger partial charge in [-0.2, -0.15) is 5.10 Å². The van der Waals surface area contributed by atoms with Crippen LogP contribution in [0.25, 0.3) is 21.3 Å². The van der Waals surface area contributed by atoms with Crippen LogP contribution in [0.15, 0.2) is 30.5 Å². The van der Waals surface area contributed by atoms with E-state index in [9.17, 15) is 4.79 Å². The Morgan fingerprint density at radius 2 is 1.91 bits per heavy atom. The van der Waals surface area contributed by atoms with Gasteiger partial charge in [0.2, 0.25) is 0 Å². The van der Waals surface area contributed by atoms with Crippen molar-refractivity contribution in [3.8, 4) is 0 Å². The van der Waals surface area contributed by atoms with Crippen LogP contribution < -0.4 is 10.2 Å². The minimum Gasteiger partial charge on any atom is -0.378 e. The highest BCUT2D eigenvalue weighted by Crippen LogP contribution is 2.32. The van der Waals surface area contributed by atoms with Crippen LogP contribution in [-0.2, 0) is 4.74 Å². The Morgan fingerprint density at radius 1 is 1.12 bits per heavy atom. The molecule has 172 valence electrons. The van der Waals surface area contributed by atoms with Crippen molar-refractivity contribution in [2.75, 3.05) is 36.5 Å². The van der Waals surface area contributed by atoms with Crippen LogP contribution in [0.3, 0.4) is 0 Å². The predicted octanol–water partition coefficient (Wildman–Crippen LogP) is 4.83. The van der Waals surface area contributed by atoms with Gasteiger partial charge in [-0.15, -0.1) is 0 Å². The van der Waals surface area contributed by atoms with Gasteiger partial charge in [0, 0.05) is 30.5 Å². The lowest BCUT2D eigenvalue weighted by Crippen LogP contribution is -2.36. The molecule has 33 heavy (non-hydrogen) atoms. The van der Waals surface area contributed by atoms with Gasteiger partial charge in [-0.3, -0.25) is 4.79 Å². The van der Waals surface area contributed by atoms with Crippen LogP contribution in [0.1, 0.15) is 55.7 Å². The van der Waals surface area contributed by atoms with Crippen LogP contribution in [0, 0.1) is 0 Å². The van der Waals surface area contributed by atoms with E-state index in [0.717, 1.165) is 64.1 Å². The lowest BCUT2D eigenvalue weighted by molar-refractivity contribution is 0.102. The number of thiazole rings is 1. The molecule has 1 aromatic carbocycles. The summed E-state index contributed by atoms with van der Waals surface area (Å²) in [7, 11) is 0. The first-order valence-electron chi connectivity index (χ1n) is 11.3. The first kappa shape index (κ1) is 21.8. The maximum Gasteiger partial charge on any atom is 0.256 e. The van der Waals surface area contributed by atoms with Gasteiger partial charge in [-0.05, 0) is 44.0 Å². The fourth-order valence-corrected chi connectivity index (χ4v) is 5.03. The molecule has 0 unspecified atom stereocenters. The Bertz CT molecular complexity index is 1320. The third kappa shape index (κ3) is 4.18. The monoisotopic (exact) mass is 464 g/mol. The topological polar surface area (TPSA) is 85.2 Å². The maximum absolute atomic E-state index is 13.4. The number of nitrogens with one attached hydrogen (secondary N) is 1. The zero-order valence-corrected chi connectivity index (χ0v) is 20.1. The van der Waals surface area contributed by atoms with E-state index in [0.29, 0.717) is 5.56 Å². The molecule has 1 amide bonds. The molecular weight excluding hydrogens is 436 g/mol. The lowest BCUT2D eigenvalue weighted by Gasteiger charge is -2.25. The zero-order chi connectivity index (χ0) is 23.1. The van der Waals surface area contributed by atoms with Crippen LogP contribution >= 0.6 is 11.3 Å². The quantitative estimate of drug-likeness (QED) is 0.455. The summed E-state index contributed by atoms with van der Waals surface area (Å²) in [6.07, 6.45) is 1.74. The molecule has 0 saturated carbocycles. The molecule has 1 saturated heterocycles. The summed E-state index contributed by atoms with van der Waals surface area (Å²) < 4.78 is 8.36. The molecule has 4 aromatic rings. The number of pyridine rings is 1. The largest absolute Gasteiger partial charge is 0.378 e. The van der Waals surface area contributed by atoms with E-state index in [2.05, 4.69) is 43.0 Å². The first-order valence-corrected chi connectivity index (χ1v) is 12.1. The van der Waals surface area contributed by atoms with E-state index in [1.54, 1.807) is 17.5 Å².